The fraction of sp³-hybridized carbons (Fsp3) is 0.303. The van der Waals surface area contributed by atoms with Crippen molar-refractivity contribution in [2.75, 3.05) is 6.54 Å². The van der Waals surface area contributed by atoms with Gasteiger partial charge < -0.3 is 16.2 Å². The highest BCUT2D eigenvalue weighted by Crippen LogP contribution is 2.19. The van der Waals surface area contributed by atoms with E-state index in [-0.39, 0.29) is 32.5 Å². The van der Waals surface area contributed by atoms with E-state index >= 15 is 0 Å². The van der Waals surface area contributed by atoms with Crippen molar-refractivity contribution in [2.45, 2.75) is 58.3 Å². The molecule has 0 aliphatic heterocycles. The number of rotatable bonds is 13. The highest BCUT2D eigenvalue weighted by Gasteiger charge is 2.32. The number of ether oxygens (including phenoxy) is 1. The maximum atomic E-state index is 13.8. The van der Waals surface area contributed by atoms with Crippen molar-refractivity contribution in [1.82, 2.24) is 24.3 Å². The van der Waals surface area contributed by atoms with E-state index in [9.17, 15) is 29.3 Å². The normalized spacial score (nSPS) is 12.3. The van der Waals surface area contributed by atoms with Crippen molar-refractivity contribution in [2.24, 2.45) is 16.5 Å². The fourth-order valence-corrected chi connectivity index (χ4v) is 5.10. The molecule has 5 N–H and O–H groups in total. The van der Waals surface area contributed by atoms with Crippen LogP contribution in [-0.4, -0.2) is 60.0 Å². The van der Waals surface area contributed by atoms with E-state index in [1.54, 1.807) is 99.0 Å². The van der Waals surface area contributed by atoms with Gasteiger partial charge in [-0.2, -0.15) is 9.36 Å². The number of nitrogens with one attached hydrogen (secondary N) is 1. The molecule has 1 aromatic heterocycles. The summed E-state index contributed by atoms with van der Waals surface area (Å²) < 4.78 is 9.35. The number of aromatic nitrogens is 3. The Kier molecular flexibility index (Phi) is 11.4. The van der Waals surface area contributed by atoms with Crippen LogP contribution in [0.1, 0.15) is 44.7 Å². The Morgan fingerprint density at radius 3 is 1.98 bits per heavy atom. The number of benzene rings is 3. The molecule has 3 aromatic carbocycles. The Balaban J connectivity index is 1.65. The molecule has 0 spiro atoms. The highest BCUT2D eigenvalue weighted by atomic mass is 16.7. The van der Waals surface area contributed by atoms with Crippen LogP contribution in [0.25, 0.3) is 11.4 Å². The molecule has 1 heterocycles. The smallest absolute Gasteiger partial charge is 0.411 e. The van der Waals surface area contributed by atoms with Gasteiger partial charge in [-0.05, 0) is 69.0 Å². The van der Waals surface area contributed by atoms with Gasteiger partial charge in [0, 0.05) is 13.1 Å². The molecule has 0 saturated carbocycles. The first-order chi connectivity index (χ1) is 23.2. The zero-order valence-corrected chi connectivity index (χ0v) is 27.4. The second-order valence-electron chi connectivity index (χ2n) is 12.1. The lowest BCUT2D eigenvalue weighted by Gasteiger charge is -2.32. The molecule has 2 amide bonds. The molecule has 0 fully saturated rings. The van der Waals surface area contributed by atoms with Crippen LogP contribution >= 0.6 is 0 Å². The molecular formula is C33H39N9O7. The van der Waals surface area contributed by atoms with Gasteiger partial charge in [0.25, 0.3) is 5.96 Å². The van der Waals surface area contributed by atoms with Gasteiger partial charge in [0.15, 0.2) is 5.03 Å². The molecule has 0 saturated heterocycles. The van der Waals surface area contributed by atoms with E-state index < -0.39 is 46.0 Å². The third-order valence-corrected chi connectivity index (χ3v) is 7.17. The molecule has 0 bridgehead atoms. The number of nitrogens with zero attached hydrogens (tertiary/aromatic N) is 6. The molecule has 4 rings (SSSR count). The van der Waals surface area contributed by atoms with Crippen LogP contribution < -0.4 is 28.3 Å². The average molecular weight is 674 g/mol. The van der Waals surface area contributed by atoms with Crippen LogP contribution in [0.4, 0.5) is 4.79 Å². The van der Waals surface area contributed by atoms with Crippen LogP contribution in [-0.2, 0) is 22.6 Å². The average Bonchev–Trinajstić information content (AvgIpc) is 3.28. The molecular weight excluding hydrogens is 634 g/mol. The van der Waals surface area contributed by atoms with E-state index in [4.69, 9.17) is 16.2 Å². The number of hydrogen-bond donors (Lipinski definition) is 3. The maximum absolute atomic E-state index is 13.8. The quantitative estimate of drug-likeness (QED) is 0.0623. The number of primary amides is 1. The molecule has 0 aliphatic carbocycles. The van der Waals surface area contributed by atoms with Gasteiger partial charge in [-0.3, -0.25) is 9.69 Å². The summed E-state index contributed by atoms with van der Waals surface area (Å²) in [6.07, 6.45) is -0.519. The third-order valence-electron chi connectivity index (χ3n) is 7.17. The number of nitrogens with two attached hydrogens (primary N) is 2. The van der Waals surface area contributed by atoms with Crippen molar-refractivity contribution in [3.63, 3.8) is 0 Å². The largest absolute Gasteiger partial charge is 0.444 e. The number of nitro groups is 1. The Morgan fingerprint density at radius 1 is 0.918 bits per heavy atom. The van der Waals surface area contributed by atoms with Gasteiger partial charge in [-0.15, -0.1) is 0 Å². The minimum atomic E-state index is -1.13. The van der Waals surface area contributed by atoms with Crippen molar-refractivity contribution in [3.05, 3.63) is 127 Å². The molecule has 16 nitrogen and oxygen atoms in total. The Bertz CT molecular complexity index is 1860. The molecule has 4 aromatic rings. The van der Waals surface area contributed by atoms with Gasteiger partial charge in [0.05, 0.1) is 17.9 Å². The van der Waals surface area contributed by atoms with Crippen LogP contribution in [0.3, 0.4) is 0 Å². The summed E-state index contributed by atoms with van der Waals surface area (Å²) in [5, 5.41) is 9.72. The van der Waals surface area contributed by atoms with Crippen LogP contribution in [0.2, 0.25) is 0 Å². The third kappa shape index (κ3) is 9.43. The number of carbonyl (C=O) groups excluding carboxylic acids is 2. The van der Waals surface area contributed by atoms with E-state index in [1.807, 2.05) is 12.1 Å². The van der Waals surface area contributed by atoms with Gasteiger partial charge in [0.1, 0.15) is 11.6 Å². The minimum Gasteiger partial charge on any atom is -0.444 e. The lowest BCUT2D eigenvalue weighted by Crippen LogP contribution is -2.49. The summed E-state index contributed by atoms with van der Waals surface area (Å²) >= 11 is 0. The zero-order valence-electron chi connectivity index (χ0n) is 27.4. The second kappa shape index (κ2) is 15.6. The number of amides is 2. The summed E-state index contributed by atoms with van der Waals surface area (Å²) in [7, 11) is 0. The number of para-hydroxylation sites is 2. The first-order valence-electron chi connectivity index (χ1n) is 15.4. The SMILES string of the molecule is CC(C)(C)OC(=O)N(Cc1cccc(Cn2c(=O)n(-c3ccccc3)n(-c3ccccc3)c2=O)c1)[C@H](CCCN=C(N)N[N+](=O)[O-])C(N)=O. The molecule has 16 heteroatoms. The first-order valence-corrected chi connectivity index (χ1v) is 15.4. The predicted molar refractivity (Wildman–Crippen MR) is 182 cm³/mol. The Labute approximate surface area is 281 Å². The summed E-state index contributed by atoms with van der Waals surface area (Å²) in [6.45, 7) is 4.89. The predicted octanol–water partition coefficient (Wildman–Crippen LogP) is 2.31. The van der Waals surface area contributed by atoms with Crippen molar-refractivity contribution < 1.29 is 19.4 Å². The minimum absolute atomic E-state index is 0.0198. The summed E-state index contributed by atoms with van der Waals surface area (Å²) in [4.78, 5) is 69.3. The number of hydrogen-bond acceptors (Lipinski definition) is 8. The lowest BCUT2D eigenvalue weighted by molar-refractivity contribution is -0.525. The summed E-state index contributed by atoms with van der Waals surface area (Å²) in [5.41, 5.74) is 13.1. The molecule has 0 radical (unpaired) electrons. The van der Waals surface area contributed by atoms with Gasteiger partial charge in [-0.1, -0.05) is 66.1 Å². The number of hydrazine groups is 1. The van der Waals surface area contributed by atoms with E-state index in [0.29, 0.717) is 22.5 Å². The van der Waals surface area contributed by atoms with Gasteiger partial charge in [-0.25, -0.2) is 34.1 Å². The molecule has 1 atom stereocenters. The number of guanidine groups is 1. The number of carbonyl (C=O) groups is 2. The van der Waals surface area contributed by atoms with Gasteiger partial charge in [0.2, 0.25) is 5.91 Å². The fourth-order valence-electron chi connectivity index (χ4n) is 5.10. The molecule has 258 valence electrons. The second-order valence-corrected chi connectivity index (χ2v) is 12.1. The van der Waals surface area contributed by atoms with E-state index in [1.165, 1.54) is 14.3 Å². The van der Waals surface area contributed by atoms with Crippen molar-refractivity contribution >= 4 is 18.0 Å². The lowest BCUT2D eigenvalue weighted by atomic mass is 10.1. The zero-order chi connectivity index (χ0) is 35.7. The molecule has 0 aliphatic rings. The number of aliphatic imine (C=N–C) groups is 1. The first kappa shape index (κ1) is 35.7. The van der Waals surface area contributed by atoms with Crippen LogP contribution in [0, 0.1) is 10.1 Å². The van der Waals surface area contributed by atoms with Crippen molar-refractivity contribution in [1.29, 1.82) is 0 Å². The molecule has 0 unspecified atom stereocenters. The highest BCUT2D eigenvalue weighted by molar-refractivity contribution is 5.84. The van der Waals surface area contributed by atoms with E-state index in [2.05, 4.69) is 4.99 Å². The molecule has 49 heavy (non-hydrogen) atoms. The standard InChI is InChI=1S/C33H39N9O7/c1-33(2,3)49-32(46)38(27(28(34)43)18-11-19-36-29(35)37-42(47)48)21-23-12-10-13-24(20-23)22-39-30(44)40(25-14-6-4-7-15-25)41(31(39)45)26-16-8-5-9-17-26/h4-10,12-17,20,27H,11,18-19,21-22H2,1-3H3,(H2,34,43)(H3,35,36,37)/t27-/m1/s1. The van der Waals surface area contributed by atoms with Gasteiger partial charge >= 0.3 is 17.5 Å². The monoisotopic (exact) mass is 673 g/mol. The topological polar surface area (TPSA) is 215 Å². The Morgan fingerprint density at radius 2 is 1.47 bits per heavy atom. The van der Waals surface area contributed by atoms with E-state index in [0.717, 1.165) is 4.57 Å². The summed E-state index contributed by atoms with van der Waals surface area (Å²) in [5.74, 6) is -1.20. The Hall–Kier alpha value is -6.19. The van der Waals surface area contributed by atoms with Crippen molar-refractivity contribution in [3.8, 4) is 11.4 Å². The summed E-state index contributed by atoms with van der Waals surface area (Å²) in [6, 6.07) is 23.4. The van der Waals surface area contributed by atoms with Crippen LogP contribution in [0.5, 0.6) is 0 Å². The maximum Gasteiger partial charge on any atom is 0.411 e. The van der Waals surface area contributed by atoms with Crippen LogP contribution in [0.15, 0.2) is 99.5 Å².